The first-order valence-electron chi connectivity index (χ1n) is 12.1. The number of aromatic nitrogens is 2. The molecule has 1 atom stereocenters. The molecule has 0 saturated heterocycles. The summed E-state index contributed by atoms with van der Waals surface area (Å²) in [5, 5.41) is 1.49. The Morgan fingerprint density at radius 1 is 1.25 bits per heavy atom. The van der Waals surface area contributed by atoms with Gasteiger partial charge >= 0.3 is 0 Å². The number of halogens is 1. The van der Waals surface area contributed by atoms with Crippen molar-refractivity contribution in [1.82, 2.24) is 19.8 Å². The molecule has 0 unspecified atom stereocenters. The molecule has 2 aromatic heterocycles. The molecule has 1 amide bonds. The third kappa shape index (κ3) is 6.05. The highest BCUT2D eigenvalue weighted by Crippen LogP contribution is 2.33. The van der Waals surface area contributed by atoms with Crippen LogP contribution in [0.25, 0.3) is 16.6 Å². The average molecular weight is 507 g/mol. The third-order valence-corrected chi connectivity index (χ3v) is 6.57. The van der Waals surface area contributed by atoms with Gasteiger partial charge in [-0.05, 0) is 37.1 Å². The van der Waals surface area contributed by atoms with Gasteiger partial charge in [0, 0.05) is 73.9 Å². The number of rotatable bonds is 10. The summed E-state index contributed by atoms with van der Waals surface area (Å²) in [6, 6.07) is 8.00. The molecule has 3 aromatic rings. The van der Waals surface area contributed by atoms with Crippen LogP contribution in [0.2, 0.25) is 5.02 Å². The van der Waals surface area contributed by atoms with Crippen LogP contribution in [0, 0.1) is 12.8 Å². The maximum atomic E-state index is 12.6. The Hall–Kier alpha value is -3.38. The van der Waals surface area contributed by atoms with E-state index < -0.39 is 0 Å². The lowest BCUT2D eigenvalue weighted by molar-refractivity contribution is -0.134. The van der Waals surface area contributed by atoms with Gasteiger partial charge in [-0.3, -0.25) is 9.78 Å². The summed E-state index contributed by atoms with van der Waals surface area (Å²) in [7, 11) is 5.82. The first-order chi connectivity index (χ1) is 17.2. The zero-order valence-corrected chi connectivity index (χ0v) is 22.8. The van der Waals surface area contributed by atoms with Crippen LogP contribution in [0.3, 0.4) is 0 Å². The summed E-state index contributed by atoms with van der Waals surface area (Å²) in [5.41, 5.74) is 5.42. The van der Waals surface area contributed by atoms with E-state index in [1.165, 1.54) is 0 Å². The molecule has 0 fully saturated rings. The van der Waals surface area contributed by atoms with Crippen molar-refractivity contribution in [2.45, 2.75) is 40.3 Å². The minimum Gasteiger partial charge on any atom is -0.487 e. The van der Waals surface area contributed by atoms with Crippen LogP contribution in [0.1, 0.15) is 42.7 Å². The molecule has 0 aliphatic rings. The zero-order valence-electron chi connectivity index (χ0n) is 22.0. The largest absolute Gasteiger partial charge is 0.487 e. The average Bonchev–Trinajstić information content (AvgIpc) is 2.85. The maximum absolute atomic E-state index is 12.6. The Balaban J connectivity index is 1.97. The first kappa shape index (κ1) is 27.2. The van der Waals surface area contributed by atoms with Crippen molar-refractivity contribution >= 4 is 34.1 Å². The zero-order chi connectivity index (χ0) is 26.4. The second-order valence-electron chi connectivity index (χ2n) is 9.20. The Morgan fingerprint density at radius 3 is 2.67 bits per heavy atom. The summed E-state index contributed by atoms with van der Waals surface area (Å²) >= 11 is 6.54. The highest BCUT2D eigenvalue weighted by atomic mass is 35.5. The van der Waals surface area contributed by atoms with Crippen molar-refractivity contribution in [2.75, 3.05) is 21.1 Å². The second kappa shape index (κ2) is 12.0. The summed E-state index contributed by atoms with van der Waals surface area (Å²) in [4.78, 5) is 25.5. The number of aryl methyl sites for hydroxylation is 1. The minimum atomic E-state index is -0.0387. The highest BCUT2D eigenvalue weighted by Gasteiger charge is 2.19. The number of carbonyl (C=O) groups is 1. The summed E-state index contributed by atoms with van der Waals surface area (Å²) in [5.74, 6) is 0.718. The van der Waals surface area contributed by atoms with Crippen LogP contribution >= 0.6 is 11.6 Å². The molecule has 0 spiro atoms. The third-order valence-electron chi connectivity index (χ3n) is 6.25. The van der Waals surface area contributed by atoms with Crippen LogP contribution in [0.5, 0.6) is 5.75 Å². The smallest absolute Gasteiger partial charge is 0.225 e. The van der Waals surface area contributed by atoms with Crippen LogP contribution in [0.15, 0.2) is 55.4 Å². The van der Waals surface area contributed by atoms with E-state index in [-0.39, 0.29) is 18.4 Å². The standard InChI is InChI=1S/C29H35ClN4O2/c1-8-11-26(33(5)6)23-14-20(4)32-28-22(23)12-10-13-27(28)36-18-24-21(15-31-16-25(24)30)17-34(7)29(35)19(3)9-2/h8,10-16,19H,1,9,17-18H2,2-7H3/b26-11-/t19-/m0/s1. The van der Waals surface area contributed by atoms with Gasteiger partial charge in [-0.25, -0.2) is 4.98 Å². The van der Waals surface area contributed by atoms with Gasteiger partial charge in [-0.1, -0.05) is 50.2 Å². The van der Waals surface area contributed by atoms with E-state index in [2.05, 4.69) is 22.5 Å². The predicted molar refractivity (Wildman–Crippen MR) is 148 cm³/mol. The van der Waals surface area contributed by atoms with E-state index in [1.54, 1.807) is 30.4 Å². The van der Waals surface area contributed by atoms with Crippen LogP contribution in [-0.4, -0.2) is 46.8 Å². The molecule has 7 heteroatoms. The van der Waals surface area contributed by atoms with Crippen LogP contribution in [-0.2, 0) is 17.9 Å². The SMILES string of the molecule is C=C/C=C(/c1cc(C)nc2c(OCc3c(Cl)cncc3CN(C)C(=O)[C@@H](C)CC)cccc12)N(C)C. The molecule has 2 heterocycles. The van der Waals surface area contributed by atoms with Gasteiger partial charge in [0.15, 0.2) is 0 Å². The van der Waals surface area contributed by atoms with E-state index >= 15 is 0 Å². The fourth-order valence-corrected chi connectivity index (χ4v) is 4.34. The molecule has 36 heavy (non-hydrogen) atoms. The molecule has 0 aliphatic carbocycles. The topological polar surface area (TPSA) is 58.6 Å². The van der Waals surface area contributed by atoms with E-state index in [0.29, 0.717) is 17.3 Å². The Morgan fingerprint density at radius 2 is 2.00 bits per heavy atom. The molecule has 6 nitrogen and oxygen atoms in total. The summed E-state index contributed by atoms with van der Waals surface area (Å²) in [6.07, 6.45) is 7.92. The molecule has 1 aromatic carbocycles. The maximum Gasteiger partial charge on any atom is 0.225 e. The van der Waals surface area contributed by atoms with Crippen LogP contribution in [0.4, 0.5) is 0 Å². The van der Waals surface area contributed by atoms with Crippen molar-refractivity contribution in [2.24, 2.45) is 5.92 Å². The number of fused-ring (bicyclic) bond motifs is 1. The van der Waals surface area contributed by atoms with Crippen molar-refractivity contribution < 1.29 is 9.53 Å². The monoisotopic (exact) mass is 506 g/mol. The number of para-hydroxylation sites is 1. The Labute approximate surface area is 219 Å². The number of hydrogen-bond acceptors (Lipinski definition) is 5. The molecular weight excluding hydrogens is 472 g/mol. The van der Waals surface area contributed by atoms with Gasteiger partial charge in [0.25, 0.3) is 0 Å². The Bertz CT molecular complexity index is 1290. The summed E-state index contributed by atoms with van der Waals surface area (Å²) in [6.45, 7) is 10.4. The fourth-order valence-electron chi connectivity index (χ4n) is 4.10. The van der Waals surface area contributed by atoms with Crippen molar-refractivity contribution in [1.29, 1.82) is 0 Å². The van der Waals surface area contributed by atoms with E-state index in [1.807, 2.05) is 59.1 Å². The highest BCUT2D eigenvalue weighted by molar-refractivity contribution is 6.31. The lowest BCUT2D eigenvalue weighted by Gasteiger charge is -2.22. The van der Waals surface area contributed by atoms with Crippen molar-refractivity contribution in [3.05, 3.63) is 82.8 Å². The first-order valence-corrected chi connectivity index (χ1v) is 12.5. The number of ether oxygens (including phenoxy) is 1. The van der Waals surface area contributed by atoms with Gasteiger partial charge in [0.2, 0.25) is 5.91 Å². The molecule has 0 bridgehead atoms. The van der Waals surface area contributed by atoms with Crippen LogP contribution < -0.4 is 4.74 Å². The second-order valence-corrected chi connectivity index (χ2v) is 9.60. The number of benzene rings is 1. The van der Waals surface area contributed by atoms with E-state index in [9.17, 15) is 4.79 Å². The van der Waals surface area contributed by atoms with Gasteiger partial charge in [0.1, 0.15) is 17.9 Å². The van der Waals surface area contributed by atoms with Crippen molar-refractivity contribution in [3.63, 3.8) is 0 Å². The summed E-state index contributed by atoms with van der Waals surface area (Å²) < 4.78 is 6.32. The fraction of sp³-hybridized carbons (Fsp3) is 0.345. The van der Waals surface area contributed by atoms with E-state index in [0.717, 1.165) is 45.4 Å². The molecular formula is C29H35ClN4O2. The number of nitrogens with zero attached hydrogens (tertiary/aromatic N) is 4. The molecule has 0 N–H and O–H groups in total. The molecule has 0 aliphatic heterocycles. The van der Waals surface area contributed by atoms with Gasteiger partial charge in [-0.15, -0.1) is 0 Å². The number of hydrogen-bond donors (Lipinski definition) is 0. The number of pyridine rings is 2. The molecule has 3 rings (SSSR count). The minimum absolute atomic E-state index is 0.0387. The number of amides is 1. The van der Waals surface area contributed by atoms with Gasteiger partial charge < -0.3 is 14.5 Å². The normalized spacial score (nSPS) is 12.4. The predicted octanol–water partition coefficient (Wildman–Crippen LogP) is 6.26. The van der Waals surface area contributed by atoms with Gasteiger partial charge in [0.05, 0.1) is 5.02 Å². The quantitative estimate of drug-likeness (QED) is 0.303. The van der Waals surface area contributed by atoms with Crippen molar-refractivity contribution in [3.8, 4) is 5.75 Å². The number of allylic oxidation sites excluding steroid dienone is 2. The molecule has 190 valence electrons. The van der Waals surface area contributed by atoms with E-state index in [4.69, 9.17) is 21.3 Å². The molecule has 0 radical (unpaired) electrons. The Kier molecular flexibility index (Phi) is 9.10. The number of carbonyl (C=O) groups excluding carboxylic acids is 1. The lowest BCUT2D eigenvalue weighted by atomic mass is 10.0. The van der Waals surface area contributed by atoms with Gasteiger partial charge in [-0.2, -0.15) is 0 Å². The lowest BCUT2D eigenvalue weighted by Crippen LogP contribution is -2.31. The molecule has 0 saturated carbocycles.